The van der Waals surface area contributed by atoms with Gasteiger partial charge in [-0.3, -0.25) is 14.8 Å². The number of hydrogen-bond donors (Lipinski definition) is 2. The molecule has 178 valence electrons. The summed E-state index contributed by atoms with van der Waals surface area (Å²) < 4.78 is 6.97. The Labute approximate surface area is 201 Å². The first kappa shape index (κ1) is 22.4. The maximum atomic E-state index is 12.8. The Hall–Kier alpha value is -4.40. The lowest BCUT2D eigenvalue weighted by Crippen LogP contribution is -2.36. The van der Waals surface area contributed by atoms with Crippen LogP contribution in [0.2, 0.25) is 0 Å². The van der Waals surface area contributed by atoms with Crippen molar-refractivity contribution in [2.24, 2.45) is 7.05 Å². The number of rotatable bonds is 5. The van der Waals surface area contributed by atoms with Gasteiger partial charge in [-0.2, -0.15) is 5.10 Å². The predicted molar refractivity (Wildman–Crippen MR) is 128 cm³/mol. The number of amides is 2. The van der Waals surface area contributed by atoms with Crippen LogP contribution in [0.25, 0.3) is 11.1 Å². The number of fused-ring (bicyclic) bond motifs is 3. The molecule has 2 amide bonds. The predicted octanol–water partition coefficient (Wildman–Crippen LogP) is 3.64. The van der Waals surface area contributed by atoms with E-state index in [9.17, 15) is 14.4 Å². The summed E-state index contributed by atoms with van der Waals surface area (Å²) in [6.07, 6.45) is 1.17. The SMILES string of the molecule is Cn1nc(C(=O)N2CC=C(C(=O)O)CC2)cc1NC(=O)OCC1c2ccccc2-c2ccccc21. The van der Waals surface area contributed by atoms with E-state index in [-0.39, 0.29) is 37.1 Å². The van der Waals surface area contributed by atoms with Gasteiger partial charge in [-0.25, -0.2) is 9.59 Å². The number of carboxylic acid groups (broad SMARTS) is 1. The minimum Gasteiger partial charge on any atom is -0.478 e. The van der Waals surface area contributed by atoms with Crippen LogP contribution in [-0.2, 0) is 16.6 Å². The molecule has 0 bridgehead atoms. The highest BCUT2D eigenvalue weighted by molar-refractivity contribution is 5.95. The standard InChI is InChI=1S/C26H24N4O5/c1-29-23(14-22(28-29)24(31)30-12-10-16(11-13-30)25(32)33)27-26(34)35-15-21-19-8-4-2-6-17(19)18-7-3-5-9-20(18)21/h2-10,14,21H,11-13,15H2,1H3,(H,27,34)(H,32,33). The van der Waals surface area contributed by atoms with Crippen LogP contribution in [0.15, 0.2) is 66.2 Å². The molecule has 0 radical (unpaired) electrons. The zero-order valence-corrected chi connectivity index (χ0v) is 19.1. The second kappa shape index (κ2) is 9.09. The average Bonchev–Trinajstić information content (AvgIpc) is 3.40. The summed E-state index contributed by atoms with van der Waals surface area (Å²) in [6.45, 7) is 0.671. The molecule has 2 N–H and O–H groups in total. The van der Waals surface area contributed by atoms with Gasteiger partial charge in [0.15, 0.2) is 5.69 Å². The number of carboxylic acids is 1. The van der Waals surface area contributed by atoms with Gasteiger partial charge < -0.3 is 14.7 Å². The Morgan fingerprint density at radius 2 is 1.74 bits per heavy atom. The van der Waals surface area contributed by atoms with E-state index in [0.717, 1.165) is 22.3 Å². The number of ether oxygens (including phenoxy) is 1. The lowest BCUT2D eigenvalue weighted by Gasteiger charge is -2.24. The summed E-state index contributed by atoms with van der Waals surface area (Å²) in [6, 6.07) is 17.7. The molecule has 0 unspecified atom stereocenters. The van der Waals surface area contributed by atoms with Gasteiger partial charge >= 0.3 is 12.1 Å². The monoisotopic (exact) mass is 472 g/mol. The molecule has 1 aromatic heterocycles. The maximum absolute atomic E-state index is 12.8. The highest BCUT2D eigenvalue weighted by Gasteiger charge is 2.29. The fourth-order valence-electron chi connectivity index (χ4n) is 4.64. The van der Waals surface area contributed by atoms with E-state index in [1.165, 1.54) is 21.7 Å². The summed E-state index contributed by atoms with van der Waals surface area (Å²) in [7, 11) is 1.62. The van der Waals surface area contributed by atoms with Crippen molar-refractivity contribution in [2.45, 2.75) is 12.3 Å². The first-order valence-corrected chi connectivity index (χ1v) is 11.3. The average molecular weight is 473 g/mol. The summed E-state index contributed by atoms with van der Waals surface area (Å²) in [5, 5.41) is 15.9. The highest BCUT2D eigenvalue weighted by atomic mass is 16.5. The Morgan fingerprint density at radius 1 is 1.09 bits per heavy atom. The second-order valence-electron chi connectivity index (χ2n) is 8.52. The van der Waals surface area contributed by atoms with Crippen molar-refractivity contribution >= 4 is 23.8 Å². The third-order valence-corrected chi connectivity index (χ3v) is 6.44. The Bertz CT molecular complexity index is 1310. The van der Waals surface area contributed by atoms with Gasteiger partial charge in [0.2, 0.25) is 0 Å². The van der Waals surface area contributed by atoms with Crippen molar-refractivity contribution in [1.29, 1.82) is 0 Å². The fourth-order valence-corrected chi connectivity index (χ4v) is 4.64. The summed E-state index contributed by atoms with van der Waals surface area (Å²) in [4.78, 5) is 38.0. The molecule has 0 spiro atoms. The van der Waals surface area contributed by atoms with Crippen molar-refractivity contribution in [3.63, 3.8) is 0 Å². The van der Waals surface area contributed by atoms with Gasteiger partial charge in [-0.05, 0) is 28.7 Å². The van der Waals surface area contributed by atoms with Crippen LogP contribution in [0.3, 0.4) is 0 Å². The maximum Gasteiger partial charge on any atom is 0.412 e. The molecule has 5 rings (SSSR count). The zero-order valence-electron chi connectivity index (χ0n) is 19.1. The van der Waals surface area contributed by atoms with Gasteiger partial charge in [0.1, 0.15) is 12.4 Å². The van der Waals surface area contributed by atoms with Gasteiger partial charge in [0, 0.05) is 37.7 Å². The first-order chi connectivity index (χ1) is 16.9. The number of nitrogens with zero attached hydrogens (tertiary/aromatic N) is 3. The molecule has 35 heavy (non-hydrogen) atoms. The number of carbonyl (C=O) groups excluding carboxylic acids is 2. The minimum atomic E-state index is -0.968. The van der Waals surface area contributed by atoms with Crippen molar-refractivity contribution in [2.75, 3.05) is 25.0 Å². The van der Waals surface area contributed by atoms with Gasteiger partial charge in [0.05, 0.1) is 0 Å². The van der Waals surface area contributed by atoms with E-state index in [0.29, 0.717) is 17.9 Å². The van der Waals surface area contributed by atoms with Gasteiger partial charge in [-0.15, -0.1) is 0 Å². The quantitative estimate of drug-likeness (QED) is 0.586. The van der Waals surface area contributed by atoms with E-state index in [1.54, 1.807) is 7.05 Å². The van der Waals surface area contributed by atoms with Crippen LogP contribution >= 0.6 is 0 Å². The molecular formula is C26H24N4O5. The van der Waals surface area contributed by atoms with E-state index in [4.69, 9.17) is 9.84 Å². The second-order valence-corrected chi connectivity index (χ2v) is 8.52. The van der Waals surface area contributed by atoms with Gasteiger partial charge in [0.25, 0.3) is 5.91 Å². The molecule has 2 heterocycles. The molecule has 3 aromatic rings. The lowest BCUT2D eigenvalue weighted by atomic mass is 9.98. The topological polar surface area (TPSA) is 114 Å². The molecular weight excluding hydrogens is 448 g/mol. The fraction of sp³-hybridized carbons (Fsp3) is 0.231. The van der Waals surface area contributed by atoms with Crippen LogP contribution in [-0.4, -0.2) is 57.5 Å². The molecule has 1 aliphatic heterocycles. The lowest BCUT2D eigenvalue weighted by molar-refractivity contribution is -0.133. The van der Waals surface area contributed by atoms with Crippen molar-refractivity contribution in [1.82, 2.24) is 14.7 Å². The van der Waals surface area contributed by atoms with Crippen LogP contribution in [0.5, 0.6) is 0 Å². The number of benzene rings is 2. The highest BCUT2D eigenvalue weighted by Crippen LogP contribution is 2.44. The third-order valence-electron chi connectivity index (χ3n) is 6.44. The number of anilines is 1. The van der Waals surface area contributed by atoms with E-state index < -0.39 is 12.1 Å². The number of carbonyl (C=O) groups is 3. The first-order valence-electron chi connectivity index (χ1n) is 11.3. The van der Waals surface area contributed by atoms with E-state index in [2.05, 4.69) is 34.7 Å². The molecule has 0 fully saturated rings. The van der Waals surface area contributed by atoms with Crippen LogP contribution in [0.1, 0.15) is 34.0 Å². The van der Waals surface area contributed by atoms with Crippen molar-refractivity contribution in [3.05, 3.63) is 83.1 Å². The minimum absolute atomic E-state index is 0.0559. The smallest absolute Gasteiger partial charge is 0.412 e. The number of hydrogen-bond acceptors (Lipinski definition) is 5. The third kappa shape index (κ3) is 4.28. The van der Waals surface area contributed by atoms with Crippen LogP contribution < -0.4 is 5.32 Å². The molecule has 1 aliphatic carbocycles. The molecule has 2 aliphatic rings. The number of aryl methyl sites for hydroxylation is 1. The van der Waals surface area contributed by atoms with Crippen molar-refractivity contribution < 1.29 is 24.2 Å². The summed E-state index contributed by atoms with van der Waals surface area (Å²) >= 11 is 0. The van der Waals surface area contributed by atoms with Crippen LogP contribution in [0.4, 0.5) is 10.6 Å². The molecule has 0 saturated heterocycles. The number of aliphatic carboxylic acids is 1. The van der Waals surface area contributed by atoms with Crippen LogP contribution in [0, 0.1) is 0 Å². The summed E-state index contributed by atoms with van der Waals surface area (Å²) in [5.74, 6) is -1.03. The number of aromatic nitrogens is 2. The van der Waals surface area contributed by atoms with Crippen molar-refractivity contribution in [3.8, 4) is 11.1 Å². The summed E-state index contributed by atoms with van der Waals surface area (Å²) in [5.41, 5.74) is 5.00. The largest absolute Gasteiger partial charge is 0.478 e. The Morgan fingerprint density at radius 3 is 2.34 bits per heavy atom. The normalized spacial score (nSPS) is 14.7. The Balaban J connectivity index is 1.23. The molecule has 0 atom stereocenters. The molecule has 2 aromatic carbocycles. The van der Waals surface area contributed by atoms with E-state index >= 15 is 0 Å². The van der Waals surface area contributed by atoms with E-state index in [1.807, 2.05) is 24.3 Å². The number of nitrogens with one attached hydrogen (secondary N) is 1. The molecule has 0 saturated carbocycles. The Kier molecular flexibility index (Phi) is 5.82. The molecule has 9 nitrogen and oxygen atoms in total. The zero-order chi connectivity index (χ0) is 24.5. The van der Waals surface area contributed by atoms with Gasteiger partial charge in [-0.1, -0.05) is 54.6 Å². The molecule has 9 heteroatoms.